The fraction of sp³-hybridized carbons (Fsp3) is 1.00. The van der Waals surface area contributed by atoms with Gasteiger partial charge >= 0.3 is 18.0 Å². The molecule has 0 aromatic rings. The van der Waals surface area contributed by atoms with Gasteiger partial charge in [0, 0.05) is 0 Å². The van der Waals surface area contributed by atoms with E-state index in [0.717, 1.165) is 0 Å². The van der Waals surface area contributed by atoms with Crippen LogP contribution in [-0.2, 0) is 0 Å². The number of hydrogen-bond donors (Lipinski definition) is 1. The topological polar surface area (TPSA) is 20.2 Å². The van der Waals surface area contributed by atoms with E-state index in [2.05, 4.69) is 0 Å². The second kappa shape index (κ2) is 3.00. The monoisotopic (exact) mass is 214 g/mol. The highest BCUT2D eigenvalue weighted by atomic mass is 19.4. The minimum absolute atomic E-state index is 0.152. The lowest BCUT2D eigenvalue weighted by Gasteiger charge is -2.29. The zero-order chi connectivity index (χ0) is 11.1. The summed E-state index contributed by atoms with van der Waals surface area (Å²) in [5, 5.41) is 8.05. The second-order valence-electron chi connectivity index (χ2n) is 2.37. The smallest absolute Gasteiger partial charge is 0.387 e. The summed E-state index contributed by atoms with van der Waals surface area (Å²) in [6, 6.07) is 0. The van der Waals surface area contributed by atoms with Crippen LogP contribution in [0.1, 0.15) is 6.92 Å². The van der Waals surface area contributed by atoms with Crippen molar-refractivity contribution in [2.45, 2.75) is 31.0 Å². The van der Waals surface area contributed by atoms with Gasteiger partial charge in [-0.1, -0.05) is 0 Å². The summed E-state index contributed by atoms with van der Waals surface area (Å²) < 4.78 is 82.1. The van der Waals surface area contributed by atoms with Gasteiger partial charge < -0.3 is 5.11 Å². The summed E-state index contributed by atoms with van der Waals surface area (Å²) in [5.74, 6) is -11.8. The van der Waals surface area contributed by atoms with Gasteiger partial charge in [-0.25, -0.2) is 0 Å². The van der Waals surface area contributed by atoms with Gasteiger partial charge in [0.1, 0.15) is 6.10 Å². The maximum absolute atomic E-state index is 12.1. The number of halogens is 7. The maximum atomic E-state index is 12.1. The SMILES string of the molecule is C[C@H](O)C(F)(F)C(F)(F)C(F)(F)F. The lowest BCUT2D eigenvalue weighted by atomic mass is 10.1. The summed E-state index contributed by atoms with van der Waals surface area (Å²) in [4.78, 5) is 0. The first-order valence-electron chi connectivity index (χ1n) is 2.95. The van der Waals surface area contributed by atoms with Gasteiger partial charge in [0.25, 0.3) is 0 Å². The van der Waals surface area contributed by atoms with Crippen LogP contribution in [-0.4, -0.2) is 29.2 Å². The highest BCUT2D eigenvalue weighted by molar-refractivity contribution is 4.94. The van der Waals surface area contributed by atoms with Crippen LogP contribution in [0.5, 0.6) is 0 Å². The van der Waals surface area contributed by atoms with Gasteiger partial charge in [-0.15, -0.1) is 0 Å². The predicted molar refractivity (Wildman–Crippen MR) is 27.6 cm³/mol. The van der Waals surface area contributed by atoms with E-state index in [1.165, 1.54) is 0 Å². The van der Waals surface area contributed by atoms with Gasteiger partial charge in [-0.3, -0.25) is 0 Å². The Bertz CT molecular complexity index is 182. The van der Waals surface area contributed by atoms with Crippen molar-refractivity contribution in [2.75, 3.05) is 0 Å². The Balaban J connectivity index is 5.04. The van der Waals surface area contributed by atoms with E-state index in [1.54, 1.807) is 0 Å². The highest BCUT2D eigenvalue weighted by Crippen LogP contribution is 2.47. The molecule has 0 aliphatic carbocycles. The van der Waals surface area contributed by atoms with E-state index < -0.39 is 24.1 Å². The second-order valence-corrected chi connectivity index (χ2v) is 2.37. The molecule has 0 unspecified atom stereocenters. The summed E-state index contributed by atoms with van der Waals surface area (Å²) in [6.45, 7) is 0.152. The zero-order valence-corrected chi connectivity index (χ0v) is 6.17. The molecule has 0 aromatic heterocycles. The van der Waals surface area contributed by atoms with Crippen molar-refractivity contribution in [3.05, 3.63) is 0 Å². The zero-order valence-electron chi connectivity index (χ0n) is 6.17. The first-order chi connectivity index (χ1) is 5.44. The van der Waals surface area contributed by atoms with Crippen molar-refractivity contribution in [3.63, 3.8) is 0 Å². The molecule has 0 aliphatic rings. The molecule has 0 spiro atoms. The van der Waals surface area contributed by atoms with E-state index in [9.17, 15) is 30.7 Å². The molecule has 0 aliphatic heterocycles. The Kier molecular flexibility index (Phi) is 2.88. The Hall–Kier alpha value is -0.530. The number of alkyl halides is 7. The van der Waals surface area contributed by atoms with Crippen LogP contribution in [0, 0.1) is 0 Å². The Labute approximate surface area is 68.2 Å². The molecule has 0 heterocycles. The largest absolute Gasteiger partial charge is 0.459 e. The summed E-state index contributed by atoms with van der Waals surface area (Å²) in [5.41, 5.74) is 0. The van der Waals surface area contributed by atoms with E-state index in [0.29, 0.717) is 0 Å². The average molecular weight is 214 g/mol. The van der Waals surface area contributed by atoms with Gasteiger partial charge in [-0.05, 0) is 6.92 Å². The first kappa shape index (κ1) is 12.5. The third-order valence-corrected chi connectivity index (χ3v) is 1.30. The van der Waals surface area contributed by atoms with Crippen molar-refractivity contribution in [3.8, 4) is 0 Å². The van der Waals surface area contributed by atoms with Gasteiger partial charge in [-0.2, -0.15) is 30.7 Å². The van der Waals surface area contributed by atoms with E-state index >= 15 is 0 Å². The predicted octanol–water partition coefficient (Wildman–Crippen LogP) is 2.20. The molecule has 13 heavy (non-hydrogen) atoms. The fourth-order valence-electron chi connectivity index (χ4n) is 0.451. The first-order valence-corrected chi connectivity index (χ1v) is 2.95. The molecule has 1 atom stereocenters. The molecular weight excluding hydrogens is 209 g/mol. The number of rotatable bonds is 2. The number of aliphatic hydroxyl groups excluding tert-OH is 1. The maximum Gasteiger partial charge on any atom is 0.459 e. The molecule has 80 valence electrons. The van der Waals surface area contributed by atoms with Crippen molar-refractivity contribution in [1.82, 2.24) is 0 Å². The van der Waals surface area contributed by atoms with E-state index in [4.69, 9.17) is 5.11 Å². The minimum Gasteiger partial charge on any atom is -0.387 e. The van der Waals surface area contributed by atoms with Crippen LogP contribution in [0.3, 0.4) is 0 Å². The van der Waals surface area contributed by atoms with Crippen LogP contribution >= 0.6 is 0 Å². The summed E-state index contributed by atoms with van der Waals surface area (Å²) >= 11 is 0. The van der Waals surface area contributed by atoms with Gasteiger partial charge in [0.15, 0.2) is 0 Å². The van der Waals surface area contributed by atoms with E-state index in [-0.39, 0.29) is 6.92 Å². The molecule has 0 saturated heterocycles. The molecule has 8 heteroatoms. The lowest BCUT2D eigenvalue weighted by molar-refractivity contribution is -0.369. The summed E-state index contributed by atoms with van der Waals surface area (Å²) in [7, 11) is 0. The standard InChI is InChI=1S/C5H5F7O/c1-2(13)3(6,7)4(8,9)5(10,11)12/h2,13H,1H3/t2-/m0/s1. The van der Waals surface area contributed by atoms with Crippen molar-refractivity contribution < 1.29 is 35.8 Å². The molecule has 1 N–H and O–H groups in total. The van der Waals surface area contributed by atoms with E-state index in [1.807, 2.05) is 0 Å². The Morgan fingerprint density at radius 1 is 0.923 bits per heavy atom. The van der Waals surface area contributed by atoms with Crippen LogP contribution in [0.25, 0.3) is 0 Å². The van der Waals surface area contributed by atoms with Crippen LogP contribution < -0.4 is 0 Å². The lowest BCUT2D eigenvalue weighted by Crippen LogP contribution is -2.56. The van der Waals surface area contributed by atoms with Gasteiger partial charge in [0.2, 0.25) is 0 Å². The molecule has 0 amide bonds. The summed E-state index contributed by atoms with van der Waals surface area (Å²) in [6.07, 6.45) is -9.46. The Morgan fingerprint density at radius 3 is 1.31 bits per heavy atom. The molecule has 0 bridgehead atoms. The van der Waals surface area contributed by atoms with Crippen LogP contribution in [0.2, 0.25) is 0 Å². The molecular formula is C5H5F7O. The minimum atomic E-state index is -6.38. The van der Waals surface area contributed by atoms with Crippen molar-refractivity contribution in [2.24, 2.45) is 0 Å². The number of aliphatic hydroxyl groups is 1. The normalized spacial score (nSPS) is 17.3. The highest BCUT2D eigenvalue weighted by Gasteiger charge is 2.74. The molecule has 0 aromatic carbocycles. The van der Waals surface area contributed by atoms with Crippen LogP contribution in [0.15, 0.2) is 0 Å². The molecule has 0 rings (SSSR count). The van der Waals surface area contributed by atoms with Crippen LogP contribution in [0.4, 0.5) is 30.7 Å². The third-order valence-electron chi connectivity index (χ3n) is 1.30. The third kappa shape index (κ3) is 1.87. The number of hydrogen-bond acceptors (Lipinski definition) is 1. The quantitative estimate of drug-likeness (QED) is 0.698. The Morgan fingerprint density at radius 2 is 1.23 bits per heavy atom. The van der Waals surface area contributed by atoms with Crippen molar-refractivity contribution >= 4 is 0 Å². The fourth-order valence-corrected chi connectivity index (χ4v) is 0.451. The van der Waals surface area contributed by atoms with Crippen molar-refractivity contribution in [1.29, 1.82) is 0 Å². The average Bonchev–Trinajstić information content (AvgIpc) is 1.84. The molecule has 0 radical (unpaired) electrons. The molecule has 0 fully saturated rings. The van der Waals surface area contributed by atoms with Gasteiger partial charge in [0.05, 0.1) is 0 Å². The molecule has 0 saturated carbocycles. The molecule has 1 nitrogen and oxygen atoms in total.